The van der Waals surface area contributed by atoms with Crippen LogP contribution in [0.4, 0.5) is 0 Å². The van der Waals surface area contributed by atoms with Crippen molar-refractivity contribution in [3.63, 3.8) is 0 Å². The first kappa shape index (κ1) is 13.8. The molecule has 0 saturated carbocycles. The lowest BCUT2D eigenvalue weighted by atomic mass is 9.83. The molecule has 1 aliphatic heterocycles. The predicted molar refractivity (Wildman–Crippen MR) is 82.2 cm³/mol. The van der Waals surface area contributed by atoms with E-state index < -0.39 is 0 Å². The minimum absolute atomic E-state index is 0.0947. The number of fused-ring (bicyclic) bond motifs is 1. The van der Waals surface area contributed by atoms with Gasteiger partial charge in [0, 0.05) is 5.56 Å². The zero-order chi connectivity index (χ0) is 15.0. The molecule has 0 aliphatic carbocycles. The number of nitriles is 1. The summed E-state index contributed by atoms with van der Waals surface area (Å²) in [5, 5.41) is 10.3. The zero-order valence-electron chi connectivity index (χ0n) is 10.8. The molecule has 2 aromatic rings. The topological polar surface area (TPSA) is 59.0 Å². The second-order valence-corrected chi connectivity index (χ2v) is 5.39. The van der Waals surface area contributed by atoms with E-state index in [1.165, 1.54) is 0 Å². The minimum atomic E-state index is -0.383. The lowest BCUT2D eigenvalue weighted by Crippen LogP contribution is -2.21. The van der Waals surface area contributed by atoms with Gasteiger partial charge in [0.1, 0.15) is 17.4 Å². The lowest BCUT2D eigenvalue weighted by Gasteiger charge is -2.27. The number of nitrogens with zero attached hydrogens (tertiary/aromatic N) is 1. The van der Waals surface area contributed by atoms with E-state index in [1.807, 2.05) is 30.3 Å². The third kappa shape index (κ3) is 2.23. The van der Waals surface area contributed by atoms with Crippen molar-refractivity contribution in [2.24, 2.45) is 5.73 Å². The molecule has 21 heavy (non-hydrogen) atoms. The number of benzene rings is 2. The summed E-state index contributed by atoms with van der Waals surface area (Å²) in [6.45, 7) is 0. The summed E-state index contributed by atoms with van der Waals surface area (Å²) in [6.07, 6.45) is 0. The zero-order valence-corrected chi connectivity index (χ0v) is 12.3. The van der Waals surface area contributed by atoms with Gasteiger partial charge in [-0.2, -0.15) is 5.26 Å². The smallest absolute Gasteiger partial charge is 0.205 e. The van der Waals surface area contributed by atoms with Crippen LogP contribution in [0.3, 0.4) is 0 Å². The molecule has 0 fully saturated rings. The molecule has 0 aromatic heterocycles. The number of para-hydroxylation sites is 1. The maximum absolute atomic E-state index is 9.44. The molecule has 5 heteroatoms. The van der Waals surface area contributed by atoms with Crippen molar-refractivity contribution >= 4 is 23.2 Å². The summed E-state index contributed by atoms with van der Waals surface area (Å²) < 4.78 is 5.52. The van der Waals surface area contributed by atoms with Crippen LogP contribution in [0.25, 0.3) is 0 Å². The fourth-order valence-electron chi connectivity index (χ4n) is 2.47. The maximum atomic E-state index is 9.44. The average molecular weight is 317 g/mol. The summed E-state index contributed by atoms with van der Waals surface area (Å²) in [7, 11) is 0. The molecule has 1 atom stereocenters. The van der Waals surface area contributed by atoms with Crippen molar-refractivity contribution in [3.8, 4) is 11.8 Å². The number of ether oxygens (including phenoxy) is 1. The van der Waals surface area contributed by atoms with Crippen LogP contribution in [0.1, 0.15) is 17.0 Å². The van der Waals surface area contributed by atoms with Gasteiger partial charge in [-0.25, -0.2) is 0 Å². The third-order valence-corrected chi connectivity index (χ3v) is 4.25. The Morgan fingerprint density at radius 2 is 1.76 bits per heavy atom. The fraction of sp³-hybridized carbons (Fsp3) is 0.0625. The van der Waals surface area contributed by atoms with E-state index in [2.05, 4.69) is 6.07 Å². The molecular weight excluding hydrogens is 307 g/mol. The highest BCUT2D eigenvalue weighted by Gasteiger charge is 2.31. The van der Waals surface area contributed by atoms with Gasteiger partial charge in [-0.05, 0) is 17.7 Å². The van der Waals surface area contributed by atoms with Crippen molar-refractivity contribution in [2.75, 3.05) is 0 Å². The summed E-state index contributed by atoms with van der Waals surface area (Å²) in [6, 6.07) is 14.9. The van der Waals surface area contributed by atoms with E-state index in [0.29, 0.717) is 21.4 Å². The fourth-order valence-corrected chi connectivity index (χ4v) is 2.89. The number of allylic oxidation sites excluding steroid dienone is 1. The molecule has 0 unspecified atom stereocenters. The van der Waals surface area contributed by atoms with Crippen molar-refractivity contribution in [3.05, 3.63) is 75.1 Å². The molecule has 0 radical (unpaired) electrons. The van der Waals surface area contributed by atoms with E-state index in [0.717, 1.165) is 11.1 Å². The Morgan fingerprint density at radius 3 is 2.52 bits per heavy atom. The first-order chi connectivity index (χ1) is 10.1. The lowest BCUT2D eigenvalue weighted by molar-refractivity contribution is 0.393. The Balaban J connectivity index is 2.28. The quantitative estimate of drug-likeness (QED) is 0.857. The van der Waals surface area contributed by atoms with Crippen molar-refractivity contribution in [1.82, 2.24) is 0 Å². The van der Waals surface area contributed by atoms with Crippen LogP contribution >= 0.6 is 23.2 Å². The molecule has 0 spiro atoms. The van der Waals surface area contributed by atoms with Crippen LogP contribution in [-0.2, 0) is 0 Å². The molecule has 3 nitrogen and oxygen atoms in total. The van der Waals surface area contributed by atoms with Gasteiger partial charge in [-0.1, -0.05) is 53.5 Å². The van der Waals surface area contributed by atoms with E-state index in [4.69, 9.17) is 33.7 Å². The van der Waals surface area contributed by atoms with Crippen LogP contribution in [0.15, 0.2) is 53.9 Å². The van der Waals surface area contributed by atoms with Crippen LogP contribution in [-0.4, -0.2) is 0 Å². The van der Waals surface area contributed by atoms with Gasteiger partial charge >= 0.3 is 0 Å². The van der Waals surface area contributed by atoms with Crippen LogP contribution in [0, 0.1) is 11.3 Å². The Labute approximate surface area is 132 Å². The Morgan fingerprint density at radius 1 is 1.05 bits per heavy atom. The summed E-state index contributed by atoms with van der Waals surface area (Å²) in [5.41, 5.74) is 7.79. The first-order valence-corrected chi connectivity index (χ1v) is 6.99. The van der Waals surface area contributed by atoms with E-state index in [9.17, 15) is 5.26 Å². The van der Waals surface area contributed by atoms with Crippen molar-refractivity contribution < 1.29 is 4.74 Å². The predicted octanol–water partition coefficient (Wildman–Crippen LogP) is 4.21. The number of hydrogen-bond donors (Lipinski definition) is 1. The standard InChI is InChI=1S/C16H10Cl2N2O/c17-12-6-3-5-10(15(12)18)14-9-4-1-2-7-13(9)21-16(20)11(14)8-19/h1-7,14H,20H2/t14-/m0/s1. The minimum Gasteiger partial charge on any atom is -0.440 e. The van der Waals surface area contributed by atoms with Crippen LogP contribution < -0.4 is 10.5 Å². The summed E-state index contributed by atoms with van der Waals surface area (Å²) in [5.74, 6) is 0.332. The van der Waals surface area contributed by atoms with Gasteiger partial charge in [-0.15, -0.1) is 0 Å². The van der Waals surface area contributed by atoms with Gasteiger partial charge in [0.05, 0.1) is 16.0 Å². The Hall–Kier alpha value is -2.15. The van der Waals surface area contributed by atoms with Gasteiger partial charge in [0.25, 0.3) is 0 Å². The van der Waals surface area contributed by atoms with E-state index in [1.54, 1.807) is 12.1 Å². The van der Waals surface area contributed by atoms with Crippen molar-refractivity contribution in [2.45, 2.75) is 5.92 Å². The normalized spacial score (nSPS) is 16.9. The highest BCUT2D eigenvalue weighted by Crippen LogP contribution is 2.45. The molecular formula is C16H10Cl2N2O. The number of halogens is 2. The molecule has 0 saturated heterocycles. The van der Waals surface area contributed by atoms with Gasteiger partial charge < -0.3 is 10.5 Å². The van der Waals surface area contributed by atoms with Gasteiger partial charge in [0.2, 0.25) is 5.88 Å². The maximum Gasteiger partial charge on any atom is 0.205 e. The first-order valence-electron chi connectivity index (χ1n) is 6.24. The number of hydrogen-bond acceptors (Lipinski definition) is 3. The molecule has 1 heterocycles. The summed E-state index contributed by atoms with van der Waals surface area (Å²) in [4.78, 5) is 0. The Bertz CT molecular complexity index is 793. The third-order valence-electron chi connectivity index (χ3n) is 3.42. The second-order valence-electron chi connectivity index (χ2n) is 4.61. The molecule has 0 amide bonds. The van der Waals surface area contributed by atoms with Gasteiger partial charge in [-0.3, -0.25) is 0 Å². The highest BCUT2D eigenvalue weighted by atomic mass is 35.5. The molecule has 0 bridgehead atoms. The molecule has 2 N–H and O–H groups in total. The van der Waals surface area contributed by atoms with Crippen LogP contribution in [0.5, 0.6) is 5.75 Å². The second kappa shape index (κ2) is 5.33. The molecule has 2 aromatic carbocycles. The van der Waals surface area contributed by atoms with E-state index in [-0.39, 0.29) is 11.8 Å². The number of rotatable bonds is 1. The molecule has 3 rings (SSSR count). The van der Waals surface area contributed by atoms with Crippen LogP contribution in [0.2, 0.25) is 10.0 Å². The SMILES string of the molecule is N#CC1=C(N)Oc2ccccc2[C@H]1c1cccc(Cl)c1Cl. The highest BCUT2D eigenvalue weighted by molar-refractivity contribution is 6.42. The monoisotopic (exact) mass is 316 g/mol. The molecule has 104 valence electrons. The van der Waals surface area contributed by atoms with Crippen molar-refractivity contribution in [1.29, 1.82) is 5.26 Å². The Kier molecular flexibility index (Phi) is 3.50. The van der Waals surface area contributed by atoms with Gasteiger partial charge in [0.15, 0.2) is 0 Å². The average Bonchev–Trinajstić information content (AvgIpc) is 2.49. The molecule has 1 aliphatic rings. The number of nitrogens with two attached hydrogens (primary N) is 1. The summed E-state index contributed by atoms with van der Waals surface area (Å²) >= 11 is 12.4. The largest absolute Gasteiger partial charge is 0.440 e. The van der Waals surface area contributed by atoms with E-state index >= 15 is 0 Å².